The minimum absolute atomic E-state index is 0.0225. The smallest absolute Gasteiger partial charge is 0.410 e. The lowest BCUT2D eigenvalue weighted by Crippen LogP contribution is -2.43. The van der Waals surface area contributed by atoms with Gasteiger partial charge in [0.05, 0.1) is 17.2 Å². The van der Waals surface area contributed by atoms with Crippen LogP contribution in [0.2, 0.25) is 25.7 Å². The third kappa shape index (κ3) is 8.18. The Morgan fingerprint density at radius 2 is 1.93 bits per heavy atom. The fraction of sp³-hybridized carbons (Fsp3) is 0.688. The second-order valence-corrected chi connectivity index (χ2v) is 21.3. The van der Waals surface area contributed by atoms with Crippen molar-refractivity contribution in [2.24, 2.45) is 0 Å². The zero-order valence-corrected chi connectivity index (χ0v) is 29.2. The molecule has 1 amide bonds. The van der Waals surface area contributed by atoms with Crippen molar-refractivity contribution in [3.8, 4) is 5.88 Å². The van der Waals surface area contributed by atoms with Crippen molar-refractivity contribution in [3.63, 3.8) is 0 Å². The van der Waals surface area contributed by atoms with Crippen LogP contribution in [0.25, 0.3) is 10.2 Å². The lowest BCUT2D eigenvalue weighted by molar-refractivity contribution is 0.0137. The number of carbonyl (C=O) groups is 1. The number of carbonyl (C=O) groups excluding carboxylic acids is 1. The summed E-state index contributed by atoms with van der Waals surface area (Å²) in [5, 5.41) is 16.8. The van der Waals surface area contributed by atoms with Crippen LogP contribution in [0.3, 0.4) is 0 Å². The highest BCUT2D eigenvalue weighted by molar-refractivity contribution is 7.19. The molecule has 0 spiro atoms. The highest BCUT2D eigenvalue weighted by atomic mass is 32.1. The number of hydrogen-bond acceptors (Lipinski definition) is 9. The first-order valence-electron chi connectivity index (χ1n) is 16.0. The van der Waals surface area contributed by atoms with Crippen LogP contribution < -0.4 is 4.74 Å². The maximum Gasteiger partial charge on any atom is 0.410 e. The Balaban J connectivity index is 1.21. The van der Waals surface area contributed by atoms with Gasteiger partial charge in [0, 0.05) is 38.8 Å². The Labute approximate surface area is 266 Å². The molecule has 10 nitrogen and oxygen atoms in total. The van der Waals surface area contributed by atoms with Gasteiger partial charge in [-0.3, -0.25) is 0 Å². The lowest BCUT2D eigenvalue weighted by Gasteiger charge is -2.35. The summed E-state index contributed by atoms with van der Waals surface area (Å²) in [5.74, 6) is 0.816. The van der Waals surface area contributed by atoms with Gasteiger partial charge in [-0.05, 0) is 89.3 Å². The highest BCUT2D eigenvalue weighted by Gasteiger charge is 2.34. The van der Waals surface area contributed by atoms with E-state index in [-0.39, 0.29) is 24.2 Å². The molecule has 242 valence electrons. The minimum atomic E-state index is -1.14. The van der Waals surface area contributed by atoms with Gasteiger partial charge in [0.15, 0.2) is 0 Å². The number of ether oxygens (including phenoxy) is 3. The summed E-state index contributed by atoms with van der Waals surface area (Å²) in [6.07, 6.45) is 8.44. The molecule has 3 aromatic rings. The Hall–Kier alpha value is -2.54. The number of fused-ring (bicyclic) bond motifs is 3. The number of aromatic nitrogens is 4. The number of nitrogens with zero attached hydrogens (tertiary/aromatic N) is 5. The number of hydrogen-bond donors (Lipinski definition) is 1. The predicted molar refractivity (Wildman–Crippen MR) is 175 cm³/mol. The van der Waals surface area contributed by atoms with Gasteiger partial charge in [0.25, 0.3) is 0 Å². The molecule has 0 bridgehead atoms. The first-order chi connectivity index (χ1) is 20.8. The molecule has 1 N–H and O–H groups in total. The van der Waals surface area contributed by atoms with E-state index in [1.54, 1.807) is 27.2 Å². The molecule has 1 fully saturated rings. The Kier molecular flexibility index (Phi) is 10.0. The predicted octanol–water partition coefficient (Wildman–Crippen LogP) is 6.91. The quantitative estimate of drug-likeness (QED) is 0.177. The number of aliphatic hydroxyl groups is 1. The number of amides is 1. The molecule has 44 heavy (non-hydrogen) atoms. The van der Waals surface area contributed by atoms with Crippen molar-refractivity contribution in [1.82, 2.24) is 24.6 Å². The summed E-state index contributed by atoms with van der Waals surface area (Å²) in [6, 6.07) is 3.14. The second-order valence-electron chi connectivity index (χ2n) is 14.6. The molecule has 0 radical (unpaired) electrons. The lowest BCUT2D eigenvalue weighted by atomic mass is 9.92. The van der Waals surface area contributed by atoms with E-state index < -0.39 is 19.8 Å². The van der Waals surface area contributed by atoms with Gasteiger partial charge in [0.2, 0.25) is 5.88 Å². The van der Waals surface area contributed by atoms with Crippen molar-refractivity contribution < 1.29 is 24.1 Å². The molecule has 5 rings (SSSR count). The fourth-order valence-electron chi connectivity index (χ4n) is 6.11. The first-order valence-corrected chi connectivity index (χ1v) is 20.5. The average molecular weight is 644 g/mol. The molecule has 0 aromatic carbocycles. The summed E-state index contributed by atoms with van der Waals surface area (Å²) in [6.45, 7) is 13.8. The Morgan fingerprint density at radius 3 is 2.64 bits per heavy atom. The van der Waals surface area contributed by atoms with Crippen LogP contribution in [0.4, 0.5) is 4.79 Å². The monoisotopic (exact) mass is 643 g/mol. The molecule has 1 saturated carbocycles. The Bertz CT molecular complexity index is 1420. The van der Waals surface area contributed by atoms with E-state index in [1.165, 1.54) is 10.4 Å². The summed E-state index contributed by atoms with van der Waals surface area (Å²) < 4.78 is 19.7. The van der Waals surface area contributed by atoms with Gasteiger partial charge < -0.3 is 24.2 Å². The molecule has 3 aromatic heterocycles. The van der Waals surface area contributed by atoms with Crippen LogP contribution in [-0.4, -0.2) is 75.3 Å². The van der Waals surface area contributed by atoms with Crippen LogP contribution in [-0.2, 0) is 22.6 Å². The molecule has 12 heteroatoms. The van der Waals surface area contributed by atoms with Crippen molar-refractivity contribution >= 4 is 35.7 Å². The number of rotatable bonds is 11. The van der Waals surface area contributed by atoms with Gasteiger partial charge in [-0.15, -0.1) is 11.3 Å². The molecular formula is C32H49N5O5SSi. The average Bonchev–Trinajstić information content (AvgIpc) is 3.66. The molecule has 0 aliphatic heterocycles. The maximum atomic E-state index is 12.6. The van der Waals surface area contributed by atoms with Crippen LogP contribution in [0, 0.1) is 0 Å². The van der Waals surface area contributed by atoms with Crippen molar-refractivity contribution in [1.29, 1.82) is 0 Å². The molecule has 0 saturated heterocycles. The topological polar surface area (TPSA) is 112 Å². The Morgan fingerprint density at radius 1 is 1.18 bits per heavy atom. The van der Waals surface area contributed by atoms with Crippen molar-refractivity contribution in [2.75, 3.05) is 13.7 Å². The number of aryl methyl sites for hydroxylation is 1. The number of aliphatic hydroxyl groups excluding tert-OH is 1. The minimum Gasteiger partial charge on any atom is -0.474 e. The molecule has 2 aliphatic carbocycles. The van der Waals surface area contributed by atoms with E-state index in [0.717, 1.165) is 61.4 Å². The third-order valence-electron chi connectivity index (χ3n) is 8.58. The van der Waals surface area contributed by atoms with Gasteiger partial charge in [-0.2, -0.15) is 5.10 Å². The zero-order valence-electron chi connectivity index (χ0n) is 27.3. The van der Waals surface area contributed by atoms with E-state index in [0.29, 0.717) is 24.7 Å². The molecule has 2 aliphatic rings. The number of thiophene rings is 1. The van der Waals surface area contributed by atoms with Gasteiger partial charge in [-0.25, -0.2) is 19.4 Å². The molecular weight excluding hydrogens is 595 g/mol. The maximum absolute atomic E-state index is 12.6. The molecule has 0 unspecified atom stereocenters. The third-order valence-corrected chi connectivity index (χ3v) is 11.5. The standard InChI is InChI=1S/C32H49N5O5SSi/c1-32(2,3)42-31(39)36(4)22-9-11-23(12-10-22)41-29-28-27-21(8-13-26(27)43-30(28)34-19-33-29)18-25(38)24-14-15-37(35-24)20-40-16-17-44(5,6)7/h14-15,19,21-23,25,38H,8-13,16-18,20H2,1-7H3/t21-,22-,23-,25-/m1/s1. The largest absolute Gasteiger partial charge is 0.474 e. The van der Waals surface area contributed by atoms with E-state index in [1.807, 2.05) is 40.1 Å². The van der Waals surface area contributed by atoms with E-state index in [2.05, 4.69) is 34.7 Å². The van der Waals surface area contributed by atoms with Gasteiger partial charge in [0.1, 0.15) is 29.6 Å². The van der Waals surface area contributed by atoms with Gasteiger partial charge >= 0.3 is 6.09 Å². The van der Waals surface area contributed by atoms with Gasteiger partial charge in [-0.1, -0.05) is 19.6 Å². The summed E-state index contributed by atoms with van der Waals surface area (Å²) >= 11 is 1.71. The first kappa shape index (κ1) is 32.8. The van der Waals surface area contributed by atoms with Crippen LogP contribution in [0.15, 0.2) is 18.6 Å². The highest BCUT2D eigenvalue weighted by Crippen LogP contribution is 2.49. The van der Waals surface area contributed by atoms with Crippen LogP contribution in [0.5, 0.6) is 5.88 Å². The molecule has 3 heterocycles. The summed E-state index contributed by atoms with van der Waals surface area (Å²) in [5.41, 5.74) is 1.39. The van der Waals surface area contributed by atoms with E-state index in [9.17, 15) is 9.90 Å². The summed E-state index contributed by atoms with van der Waals surface area (Å²) in [7, 11) is 0.689. The molecule has 2 atom stereocenters. The van der Waals surface area contributed by atoms with Crippen molar-refractivity contribution in [2.45, 2.75) is 128 Å². The second kappa shape index (κ2) is 13.4. The van der Waals surface area contributed by atoms with Crippen LogP contribution >= 0.6 is 11.3 Å². The SMILES string of the molecule is CN(C(=O)OC(C)(C)C)[C@H]1CC[C@H](Oc2ncnc3sc4c(c23)[C@@H](C[C@@H](O)c2ccn(COCC[Si](C)(C)C)n2)CC4)CC1. The van der Waals surface area contributed by atoms with E-state index >= 15 is 0 Å². The van der Waals surface area contributed by atoms with Crippen molar-refractivity contribution in [3.05, 3.63) is 34.7 Å². The normalized spacial score (nSPS) is 21.3. The van der Waals surface area contributed by atoms with E-state index in [4.69, 9.17) is 14.2 Å². The van der Waals surface area contributed by atoms with Crippen LogP contribution in [0.1, 0.15) is 87.5 Å². The zero-order chi connectivity index (χ0) is 31.6. The fourth-order valence-corrected chi connectivity index (χ4v) is 8.10. The summed E-state index contributed by atoms with van der Waals surface area (Å²) in [4.78, 5) is 25.7.